The van der Waals surface area contributed by atoms with Gasteiger partial charge < -0.3 is 4.90 Å². The Kier molecular flexibility index (Phi) is 4.48. The van der Waals surface area contributed by atoms with Crippen LogP contribution in [0.5, 0.6) is 0 Å². The number of nitrogens with zero attached hydrogens (tertiary/aromatic N) is 3. The maximum absolute atomic E-state index is 13.8. The fourth-order valence-electron chi connectivity index (χ4n) is 2.68. The summed E-state index contributed by atoms with van der Waals surface area (Å²) in [6, 6.07) is 6.53. The molecule has 0 aliphatic carbocycles. The molecular weight excluding hydrogens is 351 g/mol. The van der Waals surface area contributed by atoms with Crippen molar-refractivity contribution in [3.63, 3.8) is 0 Å². The first-order valence-corrected chi connectivity index (χ1v) is 9.04. The number of sulfonamides is 1. The number of halogens is 1. The molecule has 1 N–H and O–H groups in total. The summed E-state index contributed by atoms with van der Waals surface area (Å²) in [6.45, 7) is 0.787. The van der Waals surface area contributed by atoms with Crippen LogP contribution in [0.2, 0.25) is 0 Å². The maximum atomic E-state index is 13.8. The van der Waals surface area contributed by atoms with Crippen LogP contribution < -0.4 is 16.1 Å². The van der Waals surface area contributed by atoms with Crippen molar-refractivity contribution in [2.75, 3.05) is 31.1 Å². The van der Waals surface area contributed by atoms with Crippen LogP contribution in [-0.2, 0) is 17.1 Å². The number of rotatable bonds is 3. The second kappa shape index (κ2) is 6.45. The van der Waals surface area contributed by atoms with E-state index in [9.17, 15) is 22.4 Å². The van der Waals surface area contributed by atoms with Gasteiger partial charge in [-0.15, -0.1) is 0 Å². The third-order valence-corrected chi connectivity index (χ3v) is 6.10. The molecule has 0 radical (unpaired) electrons. The second-order valence-corrected chi connectivity index (χ2v) is 7.58. The Morgan fingerprint density at radius 2 is 1.72 bits per heavy atom. The van der Waals surface area contributed by atoms with Crippen molar-refractivity contribution in [2.24, 2.45) is 7.05 Å². The lowest BCUT2D eigenvalue weighted by Gasteiger charge is -2.34. The summed E-state index contributed by atoms with van der Waals surface area (Å²) in [4.78, 5) is 27.3. The highest BCUT2D eigenvalue weighted by atomic mass is 32.2. The summed E-state index contributed by atoms with van der Waals surface area (Å²) in [5.41, 5.74) is -0.982. The Morgan fingerprint density at radius 1 is 1.08 bits per heavy atom. The maximum Gasteiger partial charge on any atom is 0.329 e. The highest BCUT2D eigenvalue weighted by Gasteiger charge is 2.30. The Balaban J connectivity index is 1.79. The van der Waals surface area contributed by atoms with Gasteiger partial charge in [0.1, 0.15) is 16.5 Å². The smallest absolute Gasteiger partial charge is 0.329 e. The molecule has 0 amide bonds. The van der Waals surface area contributed by atoms with Gasteiger partial charge in [0.15, 0.2) is 0 Å². The van der Waals surface area contributed by atoms with Crippen molar-refractivity contribution < 1.29 is 12.8 Å². The summed E-state index contributed by atoms with van der Waals surface area (Å²) in [6.07, 6.45) is 0. The minimum absolute atomic E-state index is 0.119. The SMILES string of the molecule is Cn1c(=O)cc(N2CCN(S(=O)(=O)c3ccccc3F)CC2)[nH]c1=O. The van der Waals surface area contributed by atoms with E-state index in [-0.39, 0.29) is 31.1 Å². The number of aromatic amines is 1. The van der Waals surface area contributed by atoms with Crippen LogP contribution in [0.15, 0.2) is 44.8 Å². The average molecular weight is 368 g/mol. The van der Waals surface area contributed by atoms with Crippen LogP contribution in [0.25, 0.3) is 0 Å². The molecule has 1 saturated heterocycles. The molecule has 0 saturated carbocycles. The summed E-state index contributed by atoms with van der Waals surface area (Å²) in [5, 5.41) is 0. The Morgan fingerprint density at radius 3 is 2.32 bits per heavy atom. The van der Waals surface area contributed by atoms with Gasteiger partial charge in [-0.05, 0) is 12.1 Å². The van der Waals surface area contributed by atoms with Gasteiger partial charge in [-0.25, -0.2) is 17.6 Å². The molecule has 1 aliphatic rings. The lowest BCUT2D eigenvalue weighted by molar-refractivity contribution is 0.381. The molecule has 3 rings (SSSR count). The number of hydrogen-bond donors (Lipinski definition) is 1. The predicted octanol–water partition coefficient (Wildman–Crippen LogP) is -0.276. The summed E-state index contributed by atoms with van der Waals surface area (Å²) in [5.74, 6) is -0.447. The van der Waals surface area contributed by atoms with Crippen molar-refractivity contribution in [2.45, 2.75) is 4.90 Å². The summed E-state index contributed by atoms with van der Waals surface area (Å²) in [7, 11) is -2.56. The zero-order chi connectivity index (χ0) is 18.2. The Bertz CT molecular complexity index is 975. The fourth-order valence-corrected chi connectivity index (χ4v) is 4.16. The van der Waals surface area contributed by atoms with Crippen LogP contribution in [0.1, 0.15) is 0 Å². The topological polar surface area (TPSA) is 95.5 Å². The number of nitrogens with one attached hydrogen (secondary N) is 1. The first-order chi connectivity index (χ1) is 11.8. The van der Waals surface area contributed by atoms with Crippen LogP contribution in [0.3, 0.4) is 0 Å². The monoisotopic (exact) mass is 368 g/mol. The van der Waals surface area contributed by atoms with Crippen molar-refractivity contribution in [1.82, 2.24) is 13.9 Å². The van der Waals surface area contributed by atoms with Crippen LogP contribution in [0, 0.1) is 5.82 Å². The average Bonchev–Trinajstić information content (AvgIpc) is 2.59. The van der Waals surface area contributed by atoms with Crippen molar-refractivity contribution in [1.29, 1.82) is 0 Å². The number of aromatic nitrogens is 2. The third-order valence-electron chi connectivity index (χ3n) is 4.16. The van der Waals surface area contributed by atoms with Crippen LogP contribution in [-0.4, -0.2) is 48.5 Å². The minimum Gasteiger partial charge on any atom is -0.355 e. The first-order valence-electron chi connectivity index (χ1n) is 7.60. The number of hydrogen-bond acceptors (Lipinski definition) is 5. The molecule has 2 heterocycles. The molecule has 1 aliphatic heterocycles. The van der Waals surface area contributed by atoms with E-state index < -0.39 is 27.1 Å². The minimum atomic E-state index is -3.93. The van der Waals surface area contributed by atoms with E-state index in [1.54, 1.807) is 4.90 Å². The molecule has 0 atom stereocenters. The number of piperazine rings is 1. The quantitative estimate of drug-likeness (QED) is 0.804. The first kappa shape index (κ1) is 17.4. The van der Waals surface area contributed by atoms with Gasteiger partial charge >= 0.3 is 5.69 Å². The van der Waals surface area contributed by atoms with Gasteiger partial charge in [0.05, 0.1) is 0 Å². The highest BCUT2D eigenvalue weighted by molar-refractivity contribution is 7.89. The van der Waals surface area contributed by atoms with Gasteiger partial charge in [-0.2, -0.15) is 4.31 Å². The standard InChI is InChI=1S/C15H17FN4O4S/c1-18-14(21)10-13(17-15(18)22)19-6-8-20(9-7-19)25(23,24)12-5-3-2-4-11(12)16/h2-5,10H,6-9H2,1H3,(H,17,22). The summed E-state index contributed by atoms with van der Waals surface area (Å²) < 4.78 is 41.1. The summed E-state index contributed by atoms with van der Waals surface area (Å²) >= 11 is 0. The lowest BCUT2D eigenvalue weighted by atomic mass is 10.3. The van der Waals surface area contributed by atoms with E-state index >= 15 is 0 Å². The van der Waals surface area contributed by atoms with E-state index in [1.807, 2.05) is 0 Å². The van der Waals surface area contributed by atoms with Crippen molar-refractivity contribution >= 4 is 15.8 Å². The molecule has 8 nitrogen and oxygen atoms in total. The molecule has 25 heavy (non-hydrogen) atoms. The molecule has 10 heteroatoms. The lowest BCUT2D eigenvalue weighted by Crippen LogP contribution is -2.50. The highest BCUT2D eigenvalue weighted by Crippen LogP contribution is 2.21. The molecule has 0 spiro atoms. The number of benzene rings is 1. The molecule has 2 aromatic rings. The van der Waals surface area contributed by atoms with Gasteiger partial charge in [0.2, 0.25) is 10.0 Å². The van der Waals surface area contributed by atoms with Crippen molar-refractivity contribution in [3.05, 3.63) is 57.0 Å². The molecule has 1 aromatic heterocycles. The van der Waals surface area contributed by atoms with Crippen LogP contribution >= 0.6 is 0 Å². The molecule has 0 unspecified atom stereocenters. The van der Waals surface area contributed by atoms with E-state index in [0.717, 1.165) is 10.6 Å². The van der Waals surface area contributed by atoms with E-state index in [2.05, 4.69) is 4.98 Å². The zero-order valence-corrected chi connectivity index (χ0v) is 14.3. The van der Waals surface area contributed by atoms with E-state index in [4.69, 9.17) is 0 Å². The molecule has 134 valence electrons. The zero-order valence-electron chi connectivity index (χ0n) is 13.5. The van der Waals surface area contributed by atoms with Gasteiger partial charge in [-0.3, -0.25) is 14.3 Å². The van der Waals surface area contributed by atoms with Crippen LogP contribution in [0.4, 0.5) is 10.2 Å². The second-order valence-electron chi connectivity index (χ2n) is 5.68. The van der Waals surface area contributed by atoms with E-state index in [1.165, 1.54) is 35.6 Å². The largest absolute Gasteiger partial charge is 0.355 e. The van der Waals surface area contributed by atoms with E-state index in [0.29, 0.717) is 5.82 Å². The number of anilines is 1. The Hall–Kier alpha value is -2.46. The normalized spacial score (nSPS) is 16.2. The fraction of sp³-hybridized carbons (Fsp3) is 0.333. The molecular formula is C15H17FN4O4S. The van der Waals surface area contributed by atoms with Crippen molar-refractivity contribution in [3.8, 4) is 0 Å². The van der Waals surface area contributed by atoms with Gasteiger partial charge in [0.25, 0.3) is 5.56 Å². The third kappa shape index (κ3) is 3.22. The number of H-pyrrole nitrogens is 1. The van der Waals surface area contributed by atoms with Gasteiger partial charge in [-0.1, -0.05) is 12.1 Å². The molecule has 0 bridgehead atoms. The molecule has 1 fully saturated rings. The van der Waals surface area contributed by atoms with Gasteiger partial charge in [0, 0.05) is 39.3 Å². The predicted molar refractivity (Wildman–Crippen MR) is 89.7 cm³/mol. The molecule has 1 aromatic carbocycles. The Labute approximate surface area is 143 Å².